The number of pyridine rings is 1. The van der Waals surface area contributed by atoms with Crippen LogP contribution >= 0.6 is 0 Å². The zero-order chi connectivity index (χ0) is 26.4. The third-order valence-corrected chi connectivity index (χ3v) is 7.28. The molecule has 194 valence electrons. The van der Waals surface area contributed by atoms with Gasteiger partial charge in [0.15, 0.2) is 0 Å². The van der Waals surface area contributed by atoms with Crippen LogP contribution in [0, 0.1) is 5.92 Å². The van der Waals surface area contributed by atoms with Gasteiger partial charge in [0.1, 0.15) is 0 Å². The number of hydrogen-bond donors (Lipinski definition) is 4. The average molecular weight is 501 g/mol. The molecule has 1 fully saturated rings. The lowest BCUT2D eigenvalue weighted by Gasteiger charge is -2.27. The molecule has 2 amide bonds. The van der Waals surface area contributed by atoms with E-state index in [0.717, 1.165) is 53.6 Å². The summed E-state index contributed by atoms with van der Waals surface area (Å²) in [4.78, 5) is 28.8. The highest BCUT2D eigenvalue weighted by molar-refractivity contribution is 5.93. The zero-order valence-corrected chi connectivity index (χ0v) is 21.8. The van der Waals surface area contributed by atoms with E-state index in [-0.39, 0.29) is 5.91 Å². The van der Waals surface area contributed by atoms with Crippen LogP contribution < -0.4 is 16.0 Å². The van der Waals surface area contributed by atoms with Crippen molar-refractivity contribution in [1.82, 2.24) is 15.6 Å². The van der Waals surface area contributed by atoms with Gasteiger partial charge in [-0.3, -0.25) is 9.78 Å². The van der Waals surface area contributed by atoms with Gasteiger partial charge in [-0.05, 0) is 69.7 Å². The molecule has 1 aliphatic carbocycles. The van der Waals surface area contributed by atoms with Crippen molar-refractivity contribution in [2.45, 2.75) is 57.5 Å². The number of rotatable bonds is 8. The van der Waals surface area contributed by atoms with Crippen LogP contribution in [0.4, 0.5) is 10.5 Å². The van der Waals surface area contributed by atoms with Crippen LogP contribution in [-0.4, -0.2) is 35.2 Å². The maximum absolute atomic E-state index is 12.8. The molecule has 0 aliphatic heterocycles. The number of amides is 2. The van der Waals surface area contributed by atoms with Gasteiger partial charge in [-0.2, -0.15) is 0 Å². The predicted octanol–water partition coefficient (Wildman–Crippen LogP) is 6.03. The number of carbonyl (C=O) groups excluding carboxylic acids is 1. The minimum atomic E-state index is -1.06. The van der Waals surface area contributed by atoms with Crippen LogP contribution in [0.25, 0.3) is 22.4 Å². The number of benzene rings is 2. The Labute approximate surface area is 218 Å². The highest BCUT2D eigenvalue weighted by Gasteiger charge is 2.24. The van der Waals surface area contributed by atoms with Crippen molar-refractivity contribution in [3.05, 3.63) is 72.4 Å². The van der Waals surface area contributed by atoms with Crippen molar-refractivity contribution >= 4 is 17.7 Å². The SMILES string of the molecule is CNC1CCC(CC(=O)Nc2cnc(-c3ccc(C(C)(C)NC(=O)O)cc3)c(-c3ccccc3)c2)CC1. The van der Waals surface area contributed by atoms with E-state index in [0.29, 0.717) is 24.1 Å². The van der Waals surface area contributed by atoms with Crippen LogP contribution in [0.1, 0.15) is 51.5 Å². The first-order valence-electron chi connectivity index (χ1n) is 12.9. The Bertz CT molecular complexity index is 1220. The number of hydrogen-bond acceptors (Lipinski definition) is 4. The second-order valence-corrected chi connectivity index (χ2v) is 10.4. The van der Waals surface area contributed by atoms with Crippen LogP contribution in [0.5, 0.6) is 0 Å². The topological polar surface area (TPSA) is 103 Å². The fourth-order valence-electron chi connectivity index (χ4n) is 5.11. The number of nitrogens with one attached hydrogen (secondary N) is 3. The molecule has 0 radical (unpaired) electrons. The quantitative estimate of drug-likeness (QED) is 0.303. The van der Waals surface area contributed by atoms with Crippen LogP contribution in [0.2, 0.25) is 0 Å². The number of aromatic nitrogens is 1. The Hall–Kier alpha value is -3.71. The second kappa shape index (κ2) is 11.6. The van der Waals surface area contributed by atoms with E-state index in [9.17, 15) is 9.59 Å². The van der Waals surface area contributed by atoms with E-state index in [1.165, 1.54) is 0 Å². The summed E-state index contributed by atoms with van der Waals surface area (Å²) in [5, 5.41) is 18.1. The fourth-order valence-corrected chi connectivity index (χ4v) is 5.11. The molecule has 4 N–H and O–H groups in total. The molecule has 1 heterocycles. The number of carbonyl (C=O) groups is 2. The molecule has 1 saturated carbocycles. The molecule has 7 nitrogen and oxygen atoms in total. The van der Waals surface area contributed by atoms with Gasteiger partial charge in [0.05, 0.1) is 23.1 Å². The molecule has 1 aromatic heterocycles. The Kier molecular flexibility index (Phi) is 8.24. The van der Waals surface area contributed by atoms with Gasteiger partial charge in [-0.25, -0.2) is 4.79 Å². The molecule has 4 rings (SSSR count). The van der Waals surface area contributed by atoms with E-state index in [1.807, 2.05) is 81.6 Å². The smallest absolute Gasteiger partial charge is 0.405 e. The van der Waals surface area contributed by atoms with Gasteiger partial charge in [0, 0.05) is 23.6 Å². The molecule has 37 heavy (non-hydrogen) atoms. The summed E-state index contributed by atoms with van der Waals surface area (Å²) in [5.41, 5.74) is 4.44. The zero-order valence-electron chi connectivity index (χ0n) is 21.8. The molecule has 3 aromatic rings. The van der Waals surface area contributed by atoms with Crippen molar-refractivity contribution in [1.29, 1.82) is 0 Å². The molecule has 2 aromatic carbocycles. The van der Waals surface area contributed by atoms with Crippen LogP contribution in [0.3, 0.4) is 0 Å². The Morgan fingerprint density at radius 1 is 0.973 bits per heavy atom. The Morgan fingerprint density at radius 3 is 2.27 bits per heavy atom. The maximum Gasteiger partial charge on any atom is 0.405 e. The molecule has 7 heteroatoms. The molecular formula is C30H36N4O3. The maximum atomic E-state index is 12.8. The summed E-state index contributed by atoms with van der Waals surface area (Å²) in [6.45, 7) is 3.65. The molecule has 0 spiro atoms. The monoisotopic (exact) mass is 500 g/mol. The van der Waals surface area contributed by atoms with Gasteiger partial charge in [-0.15, -0.1) is 0 Å². The largest absolute Gasteiger partial charge is 0.465 e. The minimum absolute atomic E-state index is 0.0268. The van der Waals surface area contributed by atoms with Gasteiger partial charge in [-0.1, -0.05) is 54.6 Å². The lowest BCUT2D eigenvalue weighted by molar-refractivity contribution is -0.117. The second-order valence-electron chi connectivity index (χ2n) is 10.4. The van der Waals surface area contributed by atoms with E-state index in [4.69, 9.17) is 10.1 Å². The van der Waals surface area contributed by atoms with E-state index < -0.39 is 11.6 Å². The predicted molar refractivity (Wildman–Crippen MR) is 147 cm³/mol. The van der Waals surface area contributed by atoms with E-state index >= 15 is 0 Å². The first-order chi connectivity index (χ1) is 17.7. The highest BCUT2D eigenvalue weighted by atomic mass is 16.4. The van der Waals surface area contributed by atoms with E-state index in [2.05, 4.69) is 16.0 Å². The van der Waals surface area contributed by atoms with Gasteiger partial charge in [0.2, 0.25) is 5.91 Å². The molecule has 0 bridgehead atoms. The summed E-state index contributed by atoms with van der Waals surface area (Å²) in [6.07, 6.45) is 5.55. The number of nitrogens with zero attached hydrogens (tertiary/aromatic N) is 1. The molecule has 0 saturated heterocycles. The number of carboxylic acid groups (broad SMARTS) is 1. The molecule has 1 aliphatic rings. The van der Waals surface area contributed by atoms with Crippen molar-refractivity contribution in [3.8, 4) is 22.4 Å². The van der Waals surface area contributed by atoms with Crippen LogP contribution in [0.15, 0.2) is 66.9 Å². The third-order valence-electron chi connectivity index (χ3n) is 7.28. The van der Waals surface area contributed by atoms with Gasteiger partial charge >= 0.3 is 6.09 Å². The lowest BCUT2D eigenvalue weighted by atomic mass is 9.84. The standard InChI is InChI=1S/C30H36N4O3/c1-30(2,34-29(36)37)23-13-11-22(12-14-23)28-26(21-7-5-4-6-8-21)18-25(19-32-28)33-27(35)17-20-9-15-24(31-3)16-10-20/h4-8,11-14,18-20,24,31,34H,9-10,15-17H2,1-3H3,(H,33,35)(H,36,37). The van der Waals surface area contributed by atoms with Crippen molar-refractivity contribution in [2.24, 2.45) is 5.92 Å². The molecular weight excluding hydrogens is 464 g/mol. The summed E-state index contributed by atoms with van der Waals surface area (Å²) in [5.74, 6) is 0.447. The Morgan fingerprint density at radius 2 is 1.65 bits per heavy atom. The Balaban J connectivity index is 1.56. The summed E-state index contributed by atoms with van der Waals surface area (Å²) in [6, 6.07) is 20.3. The third kappa shape index (κ3) is 6.74. The van der Waals surface area contributed by atoms with Gasteiger partial charge < -0.3 is 21.1 Å². The number of anilines is 1. The lowest BCUT2D eigenvalue weighted by Crippen LogP contribution is -2.39. The van der Waals surface area contributed by atoms with Crippen molar-refractivity contribution < 1.29 is 14.7 Å². The molecule has 0 atom stereocenters. The first kappa shape index (κ1) is 26.4. The van der Waals surface area contributed by atoms with Crippen molar-refractivity contribution in [2.75, 3.05) is 12.4 Å². The fraction of sp³-hybridized carbons (Fsp3) is 0.367. The normalized spacial score (nSPS) is 17.7. The molecule has 0 unspecified atom stereocenters. The van der Waals surface area contributed by atoms with Gasteiger partial charge in [0.25, 0.3) is 0 Å². The van der Waals surface area contributed by atoms with Crippen LogP contribution in [-0.2, 0) is 10.3 Å². The minimum Gasteiger partial charge on any atom is -0.465 e. The van der Waals surface area contributed by atoms with E-state index in [1.54, 1.807) is 6.20 Å². The summed E-state index contributed by atoms with van der Waals surface area (Å²) >= 11 is 0. The average Bonchev–Trinajstić information content (AvgIpc) is 2.89. The highest BCUT2D eigenvalue weighted by Crippen LogP contribution is 2.34. The van der Waals surface area contributed by atoms with Crippen molar-refractivity contribution in [3.63, 3.8) is 0 Å². The first-order valence-corrected chi connectivity index (χ1v) is 12.9. The summed E-state index contributed by atoms with van der Waals surface area (Å²) in [7, 11) is 2.00. The summed E-state index contributed by atoms with van der Waals surface area (Å²) < 4.78 is 0.